The molecule has 2 aromatic heterocycles. The molecule has 1 aliphatic rings. The molecule has 186 valence electrons. The number of imidazole rings is 1. The van der Waals surface area contributed by atoms with Gasteiger partial charge >= 0.3 is 0 Å². The number of thiophene rings is 1. The molecule has 2 atom stereocenters. The van der Waals surface area contributed by atoms with Gasteiger partial charge in [0, 0.05) is 27.9 Å². The lowest BCUT2D eigenvalue weighted by atomic mass is 10.1. The molecule has 2 amide bonds. The van der Waals surface area contributed by atoms with Gasteiger partial charge in [-0.25, -0.2) is 4.98 Å². The Morgan fingerprint density at radius 3 is 2.47 bits per heavy atom. The first kappa shape index (κ1) is 24.5. The van der Waals surface area contributed by atoms with Crippen LogP contribution in [0.4, 0.5) is 0 Å². The molecule has 3 heterocycles. The fourth-order valence-corrected chi connectivity index (χ4v) is 5.53. The monoisotopic (exact) mass is 524 g/mol. The normalized spacial score (nSPS) is 14.6. The van der Waals surface area contributed by atoms with E-state index in [1.807, 2.05) is 61.5 Å². The summed E-state index contributed by atoms with van der Waals surface area (Å²) in [6.45, 7) is 3.43. The highest BCUT2D eigenvalue weighted by Gasteiger charge is 2.35. The number of aromatic nitrogens is 2. The Bertz CT molecular complexity index is 1420. The summed E-state index contributed by atoms with van der Waals surface area (Å²) in [5.74, 6) is -0.592. The van der Waals surface area contributed by atoms with Crippen molar-refractivity contribution in [1.82, 2.24) is 19.8 Å². The second-order valence-electron chi connectivity index (χ2n) is 8.82. The highest BCUT2D eigenvalue weighted by Crippen LogP contribution is 2.25. The van der Waals surface area contributed by atoms with Crippen molar-refractivity contribution in [3.8, 4) is 0 Å². The maximum absolute atomic E-state index is 12.7. The molecule has 2 aromatic carbocycles. The van der Waals surface area contributed by atoms with Gasteiger partial charge in [0.2, 0.25) is 0 Å². The number of fused-ring (bicyclic) bond motifs is 2. The largest absolute Gasteiger partial charge is 0.380 e. The smallest absolute Gasteiger partial charge is 0.255 e. The number of rotatable bonds is 7. The molecular formula is C26H25ClN4O4S. The lowest BCUT2D eigenvalue weighted by Gasteiger charge is -2.22. The van der Waals surface area contributed by atoms with Crippen molar-refractivity contribution in [2.45, 2.75) is 45.3 Å². The fourth-order valence-electron chi connectivity index (χ4n) is 4.41. The maximum Gasteiger partial charge on any atom is 0.255 e. The van der Waals surface area contributed by atoms with Gasteiger partial charge in [0.15, 0.2) is 12.2 Å². The van der Waals surface area contributed by atoms with Crippen molar-refractivity contribution in [3.63, 3.8) is 0 Å². The molecule has 0 spiro atoms. The zero-order chi connectivity index (χ0) is 25.4. The van der Waals surface area contributed by atoms with E-state index < -0.39 is 24.0 Å². The van der Waals surface area contributed by atoms with Crippen LogP contribution < -0.4 is 5.32 Å². The van der Waals surface area contributed by atoms with Gasteiger partial charge in [0.25, 0.3) is 11.8 Å². The fraction of sp³-hybridized carbons (Fsp3) is 0.269. The van der Waals surface area contributed by atoms with Gasteiger partial charge in [0.1, 0.15) is 5.82 Å². The van der Waals surface area contributed by atoms with E-state index >= 15 is 0 Å². The van der Waals surface area contributed by atoms with E-state index in [4.69, 9.17) is 11.6 Å². The van der Waals surface area contributed by atoms with Crippen LogP contribution in [0.5, 0.6) is 0 Å². The van der Waals surface area contributed by atoms with E-state index in [1.54, 1.807) is 0 Å². The van der Waals surface area contributed by atoms with E-state index in [-0.39, 0.29) is 6.54 Å². The van der Waals surface area contributed by atoms with Crippen LogP contribution >= 0.6 is 22.9 Å². The van der Waals surface area contributed by atoms with E-state index in [2.05, 4.69) is 14.9 Å². The molecule has 0 aliphatic carbocycles. The van der Waals surface area contributed by atoms with Crippen molar-refractivity contribution >= 4 is 45.8 Å². The summed E-state index contributed by atoms with van der Waals surface area (Å²) in [5, 5.41) is 23.9. The van der Waals surface area contributed by atoms with Gasteiger partial charge in [-0.1, -0.05) is 35.9 Å². The minimum Gasteiger partial charge on any atom is -0.380 e. The Morgan fingerprint density at radius 2 is 1.75 bits per heavy atom. The SMILES string of the molecule is Cc1nc2cc(Cl)ccc2n1Cc1ccc(CNC(=O)[C@H](O)[C@@H](O)C(=O)N2Cc3ccccc3C2)s1. The number of halogens is 1. The van der Waals surface area contributed by atoms with Gasteiger partial charge in [-0.3, -0.25) is 9.59 Å². The van der Waals surface area contributed by atoms with E-state index in [0.29, 0.717) is 24.7 Å². The van der Waals surface area contributed by atoms with Crippen molar-refractivity contribution in [2.75, 3.05) is 0 Å². The highest BCUT2D eigenvalue weighted by atomic mass is 35.5. The number of nitrogens with zero attached hydrogens (tertiary/aromatic N) is 3. The zero-order valence-corrected chi connectivity index (χ0v) is 21.1. The molecule has 0 saturated heterocycles. The summed E-state index contributed by atoms with van der Waals surface area (Å²) in [6.07, 6.45) is -3.68. The lowest BCUT2D eigenvalue weighted by Crippen LogP contribution is -2.49. The third-order valence-electron chi connectivity index (χ3n) is 6.34. The molecular weight excluding hydrogens is 500 g/mol. The van der Waals surface area contributed by atoms with Crippen molar-refractivity contribution < 1.29 is 19.8 Å². The molecule has 0 saturated carbocycles. The zero-order valence-electron chi connectivity index (χ0n) is 19.5. The predicted octanol–water partition coefficient (Wildman–Crippen LogP) is 2.99. The first-order valence-corrected chi connectivity index (χ1v) is 12.7. The number of carbonyl (C=O) groups excluding carboxylic acids is 2. The summed E-state index contributed by atoms with van der Waals surface area (Å²) in [7, 11) is 0. The van der Waals surface area contributed by atoms with Gasteiger partial charge in [0.05, 0.1) is 24.1 Å². The number of amides is 2. The molecule has 10 heteroatoms. The standard InChI is InChI=1S/C26H25ClN4O4S/c1-15-29-21-10-18(27)6-9-22(21)31(15)14-20-8-7-19(36-20)11-28-25(34)23(32)24(33)26(35)30-12-16-4-2-3-5-17(16)13-30/h2-10,23-24,32-33H,11-14H2,1H3,(H,28,34)/t23-,24-/m1/s1. The minimum absolute atomic E-state index is 0.176. The number of hydrogen-bond donors (Lipinski definition) is 3. The number of aryl methyl sites for hydroxylation is 1. The number of aliphatic hydroxyl groups excluding tert-OH is 2. The van der Waals surface area contributed by atoms with Crippen LogP contribution in [-0.4, -0.2) is 48.7 Å². The molecule has 4 aromatic rings. The topological polar surface area (TPSA) is 108 Å². The number of nitrogens with one attached hydrogen (secondary N) is 1. The molecule has 8 nitrogen and oxygen atoms in total. The van der Waals surface area contributed by atoms with Crippen molar-refractivity contribution in [1.29, 1.82) is 0 Å². The van der Waals surface area contributed by atoms with Crippen LogP contribution in [0.3, 0.4) is 0 Å². The first-order chi connectivity index (χ1) is 17.3. The average molecular weight is 525 g/mol. The van der Waals surface area contributed by atoms with E-state index in [9.17, 15) is 19.8 Å². The molecule has 1 aliphatic heterocycles. The minimum atomic E-state index is -1.85. The molecule has 0 unspecified atom stereocenters. The van der Waals surface area contributed by atoms with Gasteiger partial charge in [-0.15, -0.1) is 11.3 Å². The second-order valence-corrected chi connectivity index (χ2v) is 10.5. The van der Waals surface area contributed by atoms with Crippen LogP contribution in [0.1, 0.15) is 26.7 Å². The molecule has 36 heavy (non-hydrogen) atoms. The number of benzene rings is 2. The van der Waals surface area contributed by atoms with Crippen LogP contribution in [0.2, 0.25) is 5.02 Å². The van der Waals surface area contributed by atoms with E-state index in [0.717, 1.165) is 37.7 Å². The number of carbonyl (C=O) groups is 2. The second kappa shape index (κ2) is 10.0. The first-order valence-electron chi connectivity index (χ1n) is 11.5. The summed E-state index contributed by atoms with van der Waals surface area (Å²) in [4.78, 5) is 33.1. The third-order valence-corrected chi connectivity index (χ3v) is 7.65. The Hall–Kier alpha value is -3.24. The molecule has 3 N–H and O–H groups in total. The Labute approximate surface area is 216 Å². The van der Waals surface area contributed by atoms with Crippen LogP contribution in [0.15, 0.2) is 54.6 Å². The third kappa shape index (κ3) is 4.87. The number of hydrogen-bond acceptors (Lipinski definition) is 6. The Balaban J connectivity index is 1.16. The molecule has 0 radical (unpaired) electrons. The quantitative estimate of drug-likeness (QED) is 0.344. The van der Waals surface area contributed by atoms with Gasteiger partial charge in [-0.2, -0.15) is 0 Å². The van der Waals surface area contributed by atoms with Gasteiger partial charge < -0.3 is 25.0 Å². The maximum atomic E-state index is 12.7. The van der Waals surface area contributed by atoms with Crippen LogP contribution in [-0.2, 0) is 35.8 Å². The van der Waals surface area contributed by atoms with E-state index in [1.165, 1.54) is 16.2 Å². The highest BCUT2D eigenvalue weighted by molar-refractivity contribution is 7.12. The molecule has 0 fully saturated rings. The van der Waals surface area contributed by atoms with Crippen LogP contribution in [0.25, 0.3) is 11.0 Å². The van der Waals surface area contributed by atoms with Crippen LogP contribution in [0, 0.1) is 6.92 Å². The van der Waals surface area contributed by atoms with Gasteiger partial charge in [-0.05, 0) is 48.4 Å². The summed E-state index contributed by atoms with van der Waals surface area (Å²) in [6, 6.07) is 17.1. The van der Waals surface area contributed by atoms with Crippen molar-refractivity contribution in [3.05, 3.63) is 86.3 Å². The Morgan fingerprint density at radius 1 is 1.06 bits per heavy atom. The number of aliphatic hydroxyl groups is 2. The lowest BCUT2D eigenvalue weighted by molar-refractivity contribution is -0.153. The van der Waals surface area contributed by atoms with Crippen molar-refractivity contribution in [2.24, 2.45) is 0 Å². The Kier molecular flexibility index (Phi) is 6.81. The summed E-state index contributed by atoms with van der Waals surface area (Å²) < 4.78 is 2.10. The summed E-state index contributed by atoms with van der Waals surface area (Å²) in [5.41, 5.74) is 3.81. The molecule has 5 rings (SSSR count). The molecule has 0 bridgehead atoms. The average Bonchev–Trinajstić information content (AvgIpc) is 3.58. The summed E-state index contributed by atoms with van der Waals surface area (Å²) >= 11 is 7.60. The predicted molar refractivity (Wildman–Crippen MR) is 137 cm³/mol.